The number of carboxylic acids is 1. The van der Waals surface area contributed by atoms with Gasteiger partial charge >= 0.3 is 12.1 Å². The Bertz CT molecular complexity index is 1460. The summed E-state index contributed by atoms with van der Waals surface area (Å²) in [5.74, 6) is -2.14. The summed E-state index contributed by atoms with van der Waals surface area (Å²) in [4.78, 5) is 18.6. The number of aromatic nitrogens is 3. The van der Waals surface area contributed by atoms with Gasteiger partial charge in [0.25, 0.3) is 0 Å². The van der Waals surface area contributed by atoms with Crippen molar-refractivity contribution in [1.29, 1.82) is 0 Å². The van der Waals surface area contributed by atoms with Crippen molar-refractivity contribution in [3.05, 3.63) is 48.7 Å². The van der Waals surface area contributed by atoms with Crippen LogP contribution in [0.5, 0.6) is 0 Å². The van der Waals surface area contributed by atoms with E-state index in [1.807, 2.05) is 13.2 Å². The lowest BCUT2D eigenvalue weighted by atomic mass is 10.0. The van der Waals surface area contributed by atoms with Crippen LogP contribution in [-0.2, 0) is 11.8 Å². The second-order valence-electron chi connectivity index (χ2n) is 6.93. The number of hydrogen-bond donors (Lipinski definition) is 3. The molecule has 5 N–H and O–H groups in total. The number of nitrogens with two attached hydrogens (primary N) is 2. The second-order valence-corrected chi connectivity index (χ2v) is 8.01. The SMILES string of the molecule is Cn1ccc2c3c(N)nc(N)nc3cc(-c3cc4ccccc4s3)c21.O=C(O)C(F)(F)F. The van der Waals surface area contributed by atoms with Crippen molar-refractivity contribution >= 4 is 61.0 Å². The van der Waals surface area contributed by atoms with Crippen molar-refractivity contribution in [2.24, 2.45) is 7.05 Å². The second kappa shape index (κ2) is 7.68. The molecule has 0 aliphatic heterocycles. The lowest BCUT2D eigenvalue weighted by molar-refractivity contribution is -0.192. The molecular weight excluding hydrogens is 443 g/mol. The molecule has 0 saturated carbocycles. The number of alkyl halides is 3. The molecule has 0 saturated heterocycles. The van der Waals surface area contributed by atoms with Crippen LogP contribution in [-0.4, -0.2) is 31.8 Å². The molecule has 32 heavy (non-hydrogen) atoms. The first-order valence-corrected chi connectivity index (χ1v) is 9.97. The Morgan fingerprint density at radius 3 is 2.47 bits per heavy atom. The van der Waals surface area contributed by atoms with Crippen LogP contribution < -0.4 is 11.5 Å². The van der Waals surface area contributed by atoms with Gasteiger partial charge in [-0.15, -0.1) is 11.3 Å². The van der Waals surface area contributed by atoms with Gasteiger partial charge in [0.2, 0.25) is 5.95 Å². The first kappa shape index (κ1) is 21.4. The van der Waals surface area contributed by atoms with E-state index in [0.29, 0.717) is 5.82 Å². The predicted molar refractivity (Wildman–Crippen MR) is 119 cm³/mol. The third-order valence-corrected chi connectivity index (χ3v) is 5.94. The van der Waals surface area contributed by atoms with Gasteiger partial charge in [-0.25, -0.2) is 9.78 Å². The number of anilines is 2. The van der Waals surface area contributed by atoms with E-state index >= 15 is 0 Å². The number of nitrogen functional groups attached to an aromatic ring is 2. The van der Waals surface area contributed by atoms with Crippen molar-refractivity contribution in [2.75, 3.05) is 11.5 Å². The maximum atomic E-state index is 10.6. The fourth-order valence-corrected chi connectivity index (χ4v) is 4.55. The number of hydrogen-bond acceptors (Lipinski definition) is 6. The zero-order valence-electron chi connectivity index (χ0n) is 16.5. The smallest absolute Gasteiger partial charge is 0.475 e. The van der Waals surface area contributed by atoms with E-state index in [-0.39, 0.29) is 5.95 Å². The Balaban J connectivity index is 0.000000307. The number of carbonyl (C=O) groups is 1. The van der Waals surface area contributed by atoms with Crippen LogP contribution in [0.15, 0.2) is 48.7 Å². The Hall–Kier alpha value is -3.86. The standard InChI is InChI=1S/C19H15N5S.C2HF3O2/c1-24-7-6-11-16-13(22-19(21)23-18(16)20)9-12(17(11)24)15-8-10-4-2-3-5-14(10)25-15;3-2(4,5)1(6)7/h2-9H,1H3,(H4,20,21,22,23);(H,6,7). The Kier molecular flexibility index (Phi) is 5.13. The highest BCUT2D eigenvalue weighted by Gasteiger charge is 2.38. The van der Waals surface area contributed by atoms with Gasteiger partial charge in [0.05, 0.1) is 16.4 Å². The van der Waals surface area contributed by atoms with Gasteiger partial charge < -0.3 is 21.1 Å². The summed E-state index contributed by atoms with van der Waals surface area (Å²) >= 11 is 1.78. The van der Waals surface area contributed by atoms with Crippen LogP contribution >= 0.6 is 11.3 Å². The number of benzene rings is 2. The average molecular weight is 459 g/mol. The van der Waals surface area contributed by atoms with Gasteiger partial charge in [-0.2, -0.15) is 18.2 Å². The van der Waals surface area contributed by atoms with E-state index in [1.54, 1.807) is 11.3 Å². The van der Waals surface area contributed by atoms with E-state index in [2.05, 4.69) is 57.0 Å². The van der Waals surface area contributed by atoms with Crippen LogP contribution in [0.3, 0.4) is 0 Å². The van der Waals surface area contributed by atoms with Crippen molar-refractivity contribution in [1.82, 2.24) is 14.5 Å². The fraction of sp³-hybridized carbons (Fsp3) is 0.0952. The molecule has 7 nitrogen and oxygen atoms in total. The molecule has 2 aromatic carbocycles. The summed E-state index contributed by atoms with van der Waals surface area (Å²) < 4.78 is 35.1. The number of aliphatic carboxylic acids is 1. The van der Waals surface area contributed by atoms with Gasteiger partial charge in [-0.3, -0.25) is 0 Å². The van der Waals surface area contributed by atoms with E-state index in [0.717, 1.165) is 27.4 Å². The van der Waals surface area contributed by atoms with Crippen molar-refractivity contribution < 1.29 is 23.1 Å². The monoisotopic (exact) mass is 459 g/mol. The highest BCUT2D eigenvalue weighted by molar-refractivity contribution is 7.22. The molecule has 0 unspecified atom stereocenters. The Morgan fingerprint density at radius 2 is 1.81 bits per heavy atom. The number of carboxylic acid groups (broad SMARTS) is 1. The molecular formula is C21H16F3N5O2S. The quantitative estimate of drug-likeness (QED) is 0.331. The highest BCUT2D eigenvalue weighted by Crippen LogP contribution is 2.41. The number of nitrogens with zero attached hydrogens (tertiary/aromatic N) is 3. The van der Waals surface area contributed by atoms with Crippen LogP contribution in [0.4, 0.5) is 24.9 Å². The predicted octanol–water partition coefficient (Wildman–Crippen LogP) is 4.80. The zero-order valence-corrected chi connectivity index (χ0v) is 17.3. The molecule has 164 valence electrons. The summed E-state index contributed by atoms with van der Waals surface area (Å²) in [6, 6.07) is 14.8. The average Bonchev–Trinajstić information content (AvgIpc) is 3.30. The Morgan fingerprint density at radius 1 is 1.12 bits per heavy atom. The lowest BCUT2D eigenvalue weighted by Crippen LogP contribution is -2.21. The third-order valence-electron chi connectivity index (χ3n) is 4.79. The molecule has 11 heteroatoms. The fourth-order valence-electron chi connectivity index (χ4n) is 3.47. The van der Waals surface area contributed by atoms with Crippen LogP contribution in [0.1, 0.15) is 0 Å². The molecule has 0 aliphatic carbocycles. The largest absolute Gasteiger partial charge is 0.490 e. The number of thiophene rings is 1. The van der Waals surface area contributed by atoms with E-state index in [4.69, 9.17) is 21.4 Å². The first-order valence-electron chi connectivity index (χ1n) is 9.16. The minimum atomic E-state index is -5.08. The minimum absolute atomic E-state index is 0.197. The van der Waals surface area contributed by atoms with Gasteiger partial charge in [0.1, 0.15) is 5.82 Å². The van der Waals surface area contributed by atoms with Gasteiger partial charge in [0.15, 0.2) is 0 Å². The maximum absolute atomic E-state index is 10.6. The summed E-state index contributed by atoms with van der Waals surface area (Å²) in [5.41, 5.74) is 15.0. The van der Waals surface area contributed by atoms with Gasteiger partial charge in [0, 0.05) is 33.8 Å². The van der Waals surface area contributed by atoms with Gasteiger partial charge in [-0.1, -0.05) is 18.2 Å². The topological polar surface area (TPSA) is 120 Å². The van der Waals surface area contributed by atoms with Crippen molar-refractivity contribution in [3.63, 3.8) is 0 Å². The zero-order chi connectivity index (χ0) is 23.2. The minimum Gasteiger partial charge on any atom is -0.475 e. The maximum Gasteiger partial charge on any atom is 0.490 e. The molecule has 0 aliphatic rings. The van der Waals surface area contributed by atoms with E-state index in [1.165, 1.54) is 15.0 Å². The van der Waals surface area contributed by atoms with Crippen molar-refractivity contribution in [2.45, 2.75) is 6.18 Å². The number of rotatable bonds is 1. The molecule has 3 heterocycles. The normalized spacial score (nSPS) is 11.6. The summed E-state index contributed by atoms with van der Waals surface area (Å²) in [6.07, 6.45) is -3.04. The van der Waals surface area contributed by atoms with Crippen LogP contribution in [0.25, 0.3) is 42.3 Å². The summed E-state index contributed by atoms with van der Waals surface area (Å²) in [6.45, 7) is 0. The van der Waals surface area contributed by atoms with E-state index in [9.17, 15) is 13.2 Å². The summed E-state index contributed by atoms with van der Waals surface area (Å²) in [7, 11) is 2.04. The molecule has 0 bridgehead atoms. The molecule has 0 spiro atoms. The first-order chi connectivity index (χ1) is 15.1. The third kappa shape index (κ3) is 3.78. The molecule has 0 fully saturated rings. The lowest BCUT2D eigenvalue weighted by Gasteiger charge is -2.09. The molecule has 5 rings (SSSR count). The molecule has 0 amide bonds. The van der Waals surface area contributed by atoms with Crippen molar-refractivity contribution in [3.8, 4) is 10.4 Å². The number of aryl methyl sites for hydroxylation is 1. The Labute approximate surface area is 182 Å². The molecule has 0 radical (unpaired) electrons. The van der Waals surface area contributed by atoms with Crippen LogP contribution in [0.2, 0.25) is 0 Å². The molecule has 0 atom stereocenters. The van der Waals surface area contributed by atoms with Crippen LogP contribution in [0, 0.1) is 0 Å². The molecule has 3 aromatic heterocycles. The highest BCUT2D eigenvalue weighted by atomic mass is 32.1. The number of fused-ring (bicyclic) bond motifs is 4. The van der Waals surface area contributed by atoms with Gasteiger partial charge in [-0.05, 0) is 29.7 Å². The number of halogens is 3. The molecule has 5 aromatic rings. The van der Waals surface area contributed by atoms with E-state index < -0.39 is 12.1 Å². The summed E-state index contributed by atoms with van der Waals surface area (Å²) in [5, 5.41) is 10.3.